The molecule has 1 fully saturated rings. The lowest BCUT2D eigenvalue weighted by molar-refractivity contribution is -0.131. The quantitative estimate of drug-likeness (QED) is 0.911. The highest BCUT2D eigenvalue weighted by Crippen LogP contribution is 2.17. The predicted octanol–water partition coefficient (Wildman–Crippen LogP) is 2.08. The van der Waals surface area contributed by atoms with Gasteiger partial charge in [-0.15, -0.1) is 0 Å². The summed E-state index contributed by atoms with van der Waals surface area (Å²) in [6, 6.07) is 7.50. The van der Waals surface area contributed by atoms with E-state index in [9.17, 15) is 4.79 Å². The Bertz CT molecular complexity index is 414. The lowest BCUT2D eigenvalue weighted by atomic mass is 9.96. The van der Waals surface area contributed by atoms with Crippen LogP contribution >= 0.6 is 11.6 Å². The predicted molar refractivity (Wildman–Crippen MR) is 73.5 cm³/mol. The number of carbonyl (C=O) groups is 1. The van der Waals surface area contributed by atoms with E-state index in [0.29, 0.717) is 17.4 Å². The minimum atomic E-state index is 0.188. The highest BCUT2D eigenvalue weighted by Gasteiger charge is 2.21. The molecule has 1 aliphatic heterocycles. The summed E-state index contributed by atoms with van der Waals surface area (Å²) < 4.78 is 0. The van der Waals surface area contributed by atoms with Crippen LogP contribution in [0.25, 0.3) is 0 Å². The Balaban J connectivity index is 1.89. The number of hydrogen-bond acceptors (Lipinski definition) is 2. The topological polar surface area (TPSA) is 46.3 Å². The van der Waals surface area contributed by atoms with E-state index in [-0.39, 0.29) is 5.91 Å². The zero-order valence-corrected chi connectivity index (χ0v) is 11.2. The van der Waals surface area contributed by atoms with Crippen molar-refractivity contribution in [2.24, 2.45) is 11.7 Å². The summed E-state index contributed by atoms with van der Waals surface area (Å²) in [5.74, 6) is 0.771. The lowest BCUT2D eigenvalue weighted by Crippen LogP contribution is -2.40. The number of carbonyl (C=O) groups excluding carboxylic acids is 1. The third-order valence-electron chi connectivity index (χ3n) is 3.54. The smallest absolute Gasteiger partial charge is 0.226 e. The average Bonchev–Trinajstić information content (AvgIpc) is 2.39. The summed E-state index contributed by atoms with van der Waals surface area (Å²) in [4.78, 5) is 14.1. The van der Waals surface area contributed by atoms with Gasteiger partial charge in [-0.2, -0.15) is 0 Å². The summed E-state index contributed by atoms with van der Waals surface area (Å²) in [5.41, 5.74) is 6.63. The number of likely N-dealkylation sites (tertiary alicyclic amines) is 1. The van der Waals surface area contributed by atoms with Crippen molar-refractivity contribution in [2.75, 3.05) is 19.6 Å². The van der Waals surface area contributed by atoms with Crippen molar-refractivity contribution in [2.45, 2.75) is 19.3 Å². The maximum absolute atomic E-state index is 12.1. The van der Waals surface area contributed by atoms with Crippen LogP contribution in [0.5, 0.6) is 0 Å². The summed E-state index contributed by atoms with van der Waals surface area (Å²) >= 11 is 5.91. The highest BCUT2D eigenvalue weighted by atomic mass is 35.5. The summed E-state index contributed by atoms with van der Waals surface area (Å²) in [6.07, 6.45) is 2.49. The Morgan fingerprint density at radius 3 is 2.72 bits per heavy atom. The van der Waals surface area contributed by atoms with E-state index in [0.717, 1.165) is 38.0 Å². The number of hydrogen-bond donors (Lipinski definition) is 1. The first kappa shape index (κ1) is 13.4. The Hall–Kier alpha value is -1.06. The number of piperidine rings is 1. The molecule has 0 bridgehead atoms. The van der Waals surface area contributed by atoms with Crippen molar-refractivity contribution in [1.82, 2.24) is 4.90 Å². The first-order chi connectivity index (χ1) is 8.69. The second kappa shape index (κ2) is 6.21. The monoisotopic (exact) mass is 266 g/mol. The average molecular weight is 267 g/mol. The largest absolute Gasteiger partial charge is 0.342 e. The molecule has 3 nitrogen and oxygen atoms in total. The summed E-state index contributed by atoms with van der Waals surface area (Å²) in [5, 5.41) is 0.683. The van der Waals surface area contributed by atoms with Crippen molar-refractivity contribution < 1.29 is 4.79 Å². The van der Waals surface area contributed by atoms with E-state index in [1.54, 1.807) is 0 Å². The molecule has 18 heavy (non-hydrogen) atoms. The molecule has 1 aromatic rings. The second-order valence-electron chi connectivity index (χ2n) is 4.87. The molecule has 0 radical (unpaired) electrons. The molecule has 4 heteroatoms. The minimum Gasteiger partial charge on any atom is -0.342 e. The van der Waals surface area contributed by atoms with Crippen LogP contribution < -0.4 is 5.73 Å². The molecule has 1 saturated heterocycles. The van der Waals surface area contributed by atoms with Gasteiger partial charge in [0.25, 0.3) is 0 Å². The minimum absolute atomic E-state index is 0.188. The van der Waals surface area contributed by atoms with Crippen molar-refractivity contribution in [3.8, 4) is 0 Å². The van der Waals surface area contributed by atoms with E-state index in [2.05, 4.69) is 0 Å². The molecule has 2 N–H and O–H groups in total. The van der Waals surface area contributed by atoms with Gasteiger partial charge in [0.05, 0.1) is 6.42 Å². The Morgan fingerprint density at radius 2 is 2.11 bits per heavy atom. The van der Waals surface area contributed by atoms with E-state index in [4.69, 9.17) is 17.3 Å². The van der Waals surface area contributed by atoms with Crippen LogP contribution in [0, 0.1) is 5.92 Å². The molecule has 2 rings (SSSR count). The van der Waals surface area contributed by atoms with Gasteiger partial charge in [0.2, 0.25) is 5.91 Å². The normalized spacial score (nSPS) is 16.9. The van der Waals surface area contributed by atoms with Gasteiger partial charge in [0, 0.05) is 18.1 Å². The Labute approximate surface area is 113 Å². The number of benzene rings is 1. The molecule has 1 aromatic carbocycles. The van der Waals surface area contributed by atoms with Gasteiger partial charge in [-0.1, -0.05) is 23.7 Å². The molecule has 0 atom stereocenters. The molecule has 1 amide bonds. The third kappa shape index (κ3) is 3.47. The van der Waals surface area contributed by atoms with Crippen molar-refractivity contribution >= 4 is 17.5 Å². The van der Waals surface area contributed by atoms with Crippen LogP contribution in [-0.4, -0.2) is 30.4 Å². The van der Waals surface area contributed by atoms with Gasteiger partial charge in [-0.25, -0.2) is 0 Å². The molecule has 0 saturated carbocycles. The molecule has 1 aliphatic rings. The second-order valence-corrected chi connectivity index (χ2v) is 5.30. The van der Waals surface area contributed by atoms with Gasteiger partial charge in [-0.05, 0) is 43.0 Å². The molecule has 0 unspecified atom stereocenters. The Kier molecular flexibility index (Phi) is 4.61. The zero-order chi connectivity index (χ0) is 13.0. The van der Waals surface area contributed by atoms with Gasteiger partial charge in [0.1, 0.15) is 0 Å². The molecule has 0 aromatic heterocycles. The van der Waals surface area contributed by atoms with Gasteiger partial charge >= 0.3 is 0 Å². The summed E-state index contributed by atoms with van der Waals surface area (Å²) in [7, 11) is 0. The number of rotatable bonds is 3. The molecule has 98 valence electrons. The number of nitrogens with zero attached hydrogens (tertiary/aromatic N) is 1. The third-order valence-corrected chi connectivity index (χ3v) is 3.78. The van der Waals surface area contributed by atoms with Crippen LogP contribution in [0.2, 0.25) is 5.02 Å². The van der Waals surface area contributed by atoms with E-state index in [1.807, 2.05) is 29.2 Å². The van der Waals surface area contributed by atoms with Crippen molar-refractivity contribution in [3.63, 3.8) is 0 Å². The van der Waals surface area contributed by atoms with Gasteiger partial charge in [-0.3, -0.25) is 4.79 Å². The van der Waals surface area contributed by atoms with Crippen molar-refractivity contribution in [1.29, 1.82) is 0 Å². The molecular weight excluding hydrogens is 248 g/mol. The highest BCUT2D eigenvalue weighted by molar-refractivity contribution is 6.30. The maximum atomic E-state index is 12.1. The first-order valence-corrected chi connectivity index (χ1v) is 6.79. The van der Waals surface area contributed by atoms with Crippen LogP contribution in [0.3, 0.4) is 0 Å². The van der Waals surface area contributed by atoms with E-state index >= 15 is 0 Å². The Morgan fingerprint density at radius 1 is 1.39 bits per heavy atom. The van der Waals surface area contributed by atoms with Crippen LogP contribution in [0.4, 0.5) is 0 Å². The number of nitrogens with two attached hydrogens (primary N) is 1. The zero-order valence-electron chi connectivity index (χ0n) is 10.4. The number of amides is 1. The summed E-state index contributed by atoms with van der Waals surface area (Å²) in [6.45, 7) is 2.40. The van der Waals surface area contributed by atoms with Gasteiger partial charge < -0.3 is 10.6 Å². The fraction of sp³-hybridized carbons (Fsp3) is 0.500. The SMILES string of the molecule is NCC1CCN(C(=O)Cc2cccc(Cl)c2)CC1. The fourth-order valence-electron chi connectivity index (χ4n) is 2.35. The maximum Gasteiger partial charge on any atom is 0.226 e. The molecule has 1 heterocycles. The van der Waals surface area contributed by atoms with E-state index in [1.165, 1.54) is 0 Å². The standard InChI is InChI=1S/C14H19ClN2O/c15-13-3-1-2-12(8-13)9-14(18)17-6-4-11(10-16)5-7-17/h1-3,8,11H,4-7,9-10,16H2. The molecule has 0 spiro atoms. The van der Waals surface area contributed by atoms with Crippen LogP contribution in [0.1, 0.15) is 18.4 Å². The van der Waals surface area contributed by atoms with Crippen LogP contribution in [0.15, 0.2) is 24.3 Å². The van der Waals surface area contributed by atoms with Crippen LogP contribution in [-0.2, 0) is 11.2 Å². The van der Waals surface area contributed by atoms with Crippen molar-refractivity contribution in [3.05, 3.63) is 34.9 Å². The van der Waals surface area contributed by atoms with Gasteiger partial charge in [0.15, 0.2) is 0 Å². The first-order valence-electron chi connectivity index (χ1n) is 6.41. The fourth-order valence-corrected chi connectivity index (χ4v) is 2.56. The molecular formula is C14H19ClN2O. The lowest BCUT2D eigenvalue weighted by Gasteiger charge is -2.31. The van der Waals surface area contributed by atoms with E-state index < -0.39 is 0 Å². The molecule has 0 aliphatic carbocycles. The number of halogens is 1.